The van der Waals surface area contributed by atoms with Crippen LogP contribution in [0.15, 0.2) is 18.2 Å². The molecule has 0 aliphatic heterocycles. The van der Waals surface area contributed by atoms with Gasteiger partial charge in [-0.2, -0.15) is 0 Å². The Morgan fingerprint density at radius 2 is 2.06 bits per heavy atom. The third-order valence-electron chi connectivity index (χ3n) is 3.67. The lowest BCUT2D eigenvalue weighted by atomic mass is 10.1. The molecule has 1 aromatic rings. The monoisotopic (exact) mass is 264 g/mol. The van der Waals surface area contributed by atoms with E-state index < -0.39 is 0 Å². The van der Waals surface area contributed by atoms with Crippen molar-refractivity contribution in [1.29, 1.82) is 0 Å². The first-order valence-corrected chi connectivity index (χ1v) is 6.92. The van der Waals surface area contributed by atoms with Gasteiger partial charge in [-0.25, -0.2) is 4.39 Å². The number of thiocarbonyl (C=S) groups is 1. The third-order valence-corrected chi connectivity index (χ3v) is 3.89. The molecule has 2 N–H and O–H groups in total. The zero-order valence-corrected chi connectivity index (χ0v) is 11.0. The van der Waals surface area contributed by atoms with Crippen molar-refractivity contribution in [3.8, 4) is 0 Å². The first-order chi connectivity index (χ1) is 8.65. The summed E-state index contributed by atoms with van der Waals surface area (Å²) in [4.78, 5) is 2.66. The number of anilines is 1. The summed E-state index contributed by atoms with van der Waals surface area (Å²) in [5.74, 6) is 0.526. The molecule has 2 nitrogen and oxygen atoms in total. The van der Waals surface area contributed by atoms with Gasteiger partial charge in [-0.05, 0) is 49.8 Å². The topological polar surface area (TPSA) is 29.3 Å². The van der Waals surface area contributed by atoms with Gasteiger partial charge in [0, 0.05) is 23.8 Å². The summed E-state index contributed by atoms with van der Waals surface area (Å²) >= 11 is 5.05. The maximum Gasteiger partial charge on any atom is 0.124 e. The number of hydrogen-bond acceptors (Lipinski definition) is 2. The van der Waals surface area contributed by atoms with E-state index in [-0.39, 0.29) is 10.8 Å². The SMILES string of the molecule is NC(=S)c1cc(F)ccc1N(CC1CC1)C1CC1. The van der Waals surface area contributed by atoms with E-state index in [0.717, 1.165) is 18.2 Å². The van der Waals surface area contributed by atoms with Crippen LogP contribution < -0.4 is 10.6 Å². The van der Waals surface area contributed by atoms with E-state index in [1.54, 1.807) is 0 Å². The molecule has 96 valence electrons. The fourth-order valence-electron chi connectivity index (χ4n) is 2.36. The molecule has 4 heteroatoms. The van der Waals surface area contributed by atoms with Gasteiger partial charge in [0.25, 0.3) is 0 Å². The molecule has 3 rings (SSSR count). The smallest absolute Gasteiger partial charge is 0.124 e. The van der Waals surface area contributed by atoms with E-state index in [2.05, 4.69) is 4.90 Å². The second-order valence-electron chi connectivity index (χ2n) is 5.35. The molecule has 0 saturated heterocycles. The molecule has 0 unspecified atom stereocenters. The van der Waals surface area contributed by atoms with E-state index >= 15 is 0 Å². The van der Waals surface area contributed by atoms with Crippen LogP contribution in [0.25, 0.3) is 0 Å². The molecule has 2 fully saturated rings. The summed E-state index contributed by atoms with van der Waals surface area (Å²) in [5.41, 5.74) is 7.42. The standard InChI is InChI=1S/C14H17FN2S/c15-10-3-6-13(12(7-10)14(16)18)17(11-4-5-11)8-9-1-2-9/h3,6-7,9,11H,1-2,4-5,8H2,(H2,16,18). The minimum atomic E-state index is -0.274. The average Bonchev–Trinajstić information content (AvgIpc) is 3.19. The second kappa shape index (κ2) is 4.50. The minimum absolute atomic E-state index is 0.274. The van der Waals surface area contributed by atoms with Crippen molar-refractivity contribution in [2.24, 2.45) is 11.7 Å². The number of nitrogens with zero attached hydrogens (tertiary/aromatic N) is 1. The predicted octanol–water partition coefficient (Wildman–Crippen LogP) is 2.84. The Labute approximate surface area is 112 Å². The molecular weight excluding hydrogens is 247 g/mol. The van der Waals surface area contributed by atoms with Crippen molar-refractivity contribution in [2.45, 2.75) is 31.7 Å². The first-order valence-electron chi connectivity index (χ1n) is 6.51. The molecule has 0 heterocycles. The third kappa shape index (κ3) is 2.48. The van der Waals surface area contributed by atoms with Crippen LogP contribution in [-0.2, 0) is 0 Å². The largest absolute Gasteiger partial charge is 0.389 e. The number of nitrogens with two attached hydrogens (primary N) is 1. The van der Waals surface area contributed by atoms with Gasteiger partial charge in [0.15, 0.2) is 0 Å². The molecular formula is C14H17FN2S. The van der Waals surface area contributed by atoms with Crippen LogP contribution in [0.2, 0.25) is 0 Å². The quantitative estimate of drug-likeness (QED) is 0.829. The van der Waals surface area contributed by atoms with Crippen LogP contribution in [0.1, 0.15) is 31.2 Å². The summed E-state index contributed by atoms with van der Waals surface area (Å²) in [7, 11) is 0. The highest BCUT2D eigenvalue weighted by molar-refractivity contribution is 7.80. The number of hydrogen-bond donors (Lipinski definition) is 1. The Balaban J connectivity index is 1.93. The van der Waals surface area contributed by atoms with Crippen molar-refractivity contribution in [3.63, 3.8) is 0 Å². The van der Waals surface area contributed by atoms with Crippen LogP contribution >= 0.6 is 12.2 Å². The van der Waals surface area contributed by atoms with Crippen molar-refractivity contribution < 1.29 is 4.39 Å². The van der Waals surface area contributed by atoms with Gasteiger partial charge in [0.2, 0.25) is 0 Å². The van der Waals surface area contributed by atoms with Crippen LogP contribution in [-0.4, -0.2) is 17.6 Å². The zero-order chi connectivity index (χ0) is 12.7. The Hall–Kier alpha value is -1.16. The Bertz CT molecular complexity index is 481. The van der Waals surface area contributed by atoms with Crippen LogP contribution in [0, 0.1) is 11.7 Å². The molecule has 0 atom stereocenters. The number of benzene rings is 1. The van der Waals surface area contributed by atoms with E-state index in [4.69, 9.17) is 18.0 Å². The number of rotatable bonds is 5. The fourth-order valence-corrected chi connectivity index (χ4v) is 2.53. The highest BCUT2D eigenvalue weighted by Crippen LogP contribution is 2.39. The Kier molecular flexibility index (Phi) is 2.98. The molecule has 0 amide bonds. The lowest BCUT2D eigenvalue weighted by Crippen LogP contribution is -2.30. The van der Waals surface area contributed by atoms with E-state index in [1.807, 2.05) is 6.07 Å². The number of halogens is 1. The van der Waals surface area contributed by atoms with Gasteiger partial charge in [-0.1, -0.05) is 12.2 Å². The lowest BCUT2D eigenvalue weighted by molar-refractivity contribution is 0.626. The Morgan fingerprint density at radius 1 is 1.33 bits per heavy atom. The van der Waals surface area contributed by atoms with Gasteiger partial charge < -0.3 is 10.6 Å². The van der Waals surface area contributed by atoms with Crippen LogP contribution in [0.4, 0.5) is 10.1 Å². The van der Waals surface area contributed by atoms with Gasteiger partial charge in [0.1, 0.15) is 10.8 Å². The van der Waals surface area contributed by atoms with Crippen molar-refractivity contribution in [2.75, 3.05) is 11.4 Å². The van der Waals surface area contributed by atoms with Crippen LogP contribution in [0.5, 0.6) is 0 Å². The van der Waals surface area contributed by atoms with Gasteiger partial charge in [-0.15, -0.1) is 0 Å². The Morgan fingerprint density at radius 3 is 2.61 bits per heavy atom. The van der Waals surface area contributed by atoms with Crippen molar-refractivity contribution in [1.82, 2.24) is 0 Å². The summed E-state index contributed by atoms with van der Waals surface area (Å²) in [6.45, 7) is 1.06. The molecule has 18 heavy (non-hydrogen) atoms. The van der Waals surface area contributed by atoms with Crippen molar-refractivity contribution in [3.05, 3.63) is 29.6 Å². The minimum Gasteiger partial charge on any atom is -0.389 e. The maximum absolute atomic E-state index is 13.3. The zero-order valence-electron chi connectivity index (χ0n) is 10.2. The van der Waals surface area contributed by atoms with Gasteiger partial charge in [-0.3, -0.25) is 0 Å². The fraction of sp³-hybridized carbons (Fsp3) is 0.500. The first kappa shape index (κ1) is 11.9. The highest BCUT2D eigenvalue weighted by Gasteiger charge is 2.34. The summed E-state index contributed by atoms with van der Waals surface area (Å²) < 4.78 is 13.3. The van der Waals surface area contributed by atoms with E-state index in [1.165, 1.54) is 37.8 Å². The van der Waals surface area contributed by atoms with E-state index in [9.17, 15) is 4.39 Å². The molecule has 0 spiro atoms. The maximum atomic E-state index is 13.3. The summed E-state index contributed by atoms with van der Waals surface area (Å²) in [6.07, 6.45) is 5.07. The second-order valence-corrected chi connectivity index (χ2v) is 5.79. The molecule has 2 aliphatic rings. The molecule has 1 aromatic carbocycles. The highest BCUT2D eigenvalue weighted by atomic mass is 32.1. The van der Waals surface area contributed by atoms with Crippen molar-refractivity contribution >= 4 is 22.9 Å². The molecule has 0 bridgehead atoms. The van der Waals surface area contributed by atoms with Gasteiger partial charge in [0.05, 0.1) is 0 Å². The molecule has 2 saturated carbocycles. The summed E-state index contributed by atoms with van der Waals surface area (Å²) in [5, 5.41) is 0. The molecule has 0 radical (unpaired) electrons. The van der Waals surface area contributed by atoms with Gasteiger partial charge >= 0.3 is 0 Å². The van der Waals surface area contributed by atoms with E-state index in [0.29, 0.717) is 11.6 Å². The average molecular weight is 264 g/mol. The van der Waals surface area contributed by atoms with Crippen LogP contribution in [0.3, 0.4) is 0 Å². The lowest BCUT2D eigenvalue weighted by Gasteiger charge is -2.27. The normalized spacial score (nSPS) is 18.7. The summed E-state index contributed by atoms with van der Waals surface area (Å²) in [6, 6.07) is 5.38. The molecule has 2 aliphatic carbocycles. The predicted molar refractivity (Wildman–Crippen MR) is 75.4 cm³/mol. The molecule has 0 aromatic heterocycles.